The highest BCUT2D eigenvalue weighted by molar-refractivity contribution is 5.90. The van der Waals surface area contributed by atoms with Crippen molar-refractivity contribution in [1.82, 2.24) is 5.32 Å². The van der Waals surface area contributed by atoms with E-state index in [1.807, 2.05) is 58.9 Å². The molecule has 0 aliphatic rings. The molecule has 4 nitrogen and oxygen atoms in total. The summed E-state index contributed by atoms with van der Waals surface area (Å²) in [5, 5.41) is 15.8. The lowest BCUT2D eigenvalue weighted by Gasteiger charge is -2.33. The zero-order chi connectivity index (χ0) is 15.3. The highest BCUT2D eigenvalue weighted by atomic mass is 16.3. The van der Waals surface area contributed by atoms with E-state index in [1.54, 1.807) is 0 Å². The van der Waals surface area contributed by atoms with Crippen LogP contribution in [0.4, 0.5) is 10.5 Å². The standard InChI is InChI=1S/C16H26N2O2/c1-11(2)14(19)16(4,5)10-17-15(20)18-13-9-7-6-8-12(13)3/h6-9,11,14,19H,10H2,1-5H3,(H2,17,18,20). The number of hydrogen-bond acceptors (Lipinski definition) is 2. The Morgan fingerprint density at radius 2 is 1.90 bits per heavy atom. The van der Waals surface area contributed by atoms with Gasteiger partial charge >= 0.3 is 6.03 Å². The quantitative estimate of drug-likeness (QED) is 0.774. The monoisotopic (exact) mass is 278 g/mol. The molecule has 1 unspecified atom stereocenters. The maximum atomic E-state index is 11.9. The van der Waals surface area contributed by atoms with Gasteiger partial charge in [-0.15, -0.1) is 0 Å². The molecule has 0 spiro atoms. The Hall–Kier alpha value is -1.55. The molecule has 0 aromatic heterocycles. The predicted octanol–water partition coefficient (Wildman–Crippen LogP) is 3.16. The molecule has 0 bridgehead atoms. The summed E-state index contributed by atoms with van der Waals surface area (Å²) in [5.41, 5.74) is 1.45. The molecule has 2 amide bonds. The summed E-state index contributed by atoms with van der Waals surface area (Å²) in [7, 11) is 0. The van der Waals surface area contributed by atoms with Gasteiger partial charge in [-0.25, -0.2) is 4.79 Å². The fourth-order valence-electron chi connectivity index (χ4n) is 2.19. The van der Waals surface area contributed by atoms with Crippen molar-refractivity contribution in [3.8, 4) is 0 Å². The summed E-state index contributed by atoms with van der Waals surface area (Å²) in [5.74, 6) is 0.159. The molecule has 112 valence electrons. The average Bonchev–Trinajstić information content (AvgIpc) is 2.38. The van der Waals surface area contributed by atoms with Gasteiger partial charge in [-0.05, 0) is 24.5 Å². The number of aliphatic hydroxyl groups is 1. The number of rotatable bonds is 5. The third kappa shape index (κ3) is 4.53. The first kappa shape index (κ1) is 16.5. The number of hydrogen-bond donors (Lipinski definition) is 3. The first-order valence-corrected chi connectivity index (χ1v) is 7.02. The number of aliphatic hydroxyl groups excluding tert-OH is 1. The van der Waals surface area contributed by atoms with Crippen LogP contribution in [-0.2, 0) is 0 Å². The second-order valence-corrected chi connectivity index (χ2v) is 6.30. The average molecular weight is 278 g/mol. The topological polar surface area (TPSA) is 61.4 Å². The molecule has 4 heteroatoms. The summed E-state index contributed by atoms with van der Waals surface area (Å²) in [6, 6.07) is 7.38. The maximum Gasteiger partial charge on any atom is 0.319 e. The molecule has 0 aliphatic carbocycles. The van der Waals surface area contributed by atoms with E-state index in [1.165, 1.54) is 0 Å². The van der Waals surface area contributed by atoms with Gasteiger partial charge in [0.1, 0.15) is 0 Å². The molecule has 0 saturated heterocycles. The van der Waals surface area contributed by atoms with Gasteiger partial charge in [0.25, 0.3) is 0 Å². The minimum Gasteiger partial charge on any atom is -0.392 e. The van der Waals surface area contributed by atoms with Crippen LogP contribution in [0.25, 0.3) is 0 Å². The molecule has 1 rings (SSSR count). The fourth-order valence-corrected chi connectivity index (χ4v) is 2.19. The molecule has 0 saturated carbocycles. The van der Waals surface area contributed by atoms with Crippen LogP contribution >= 0.6 is 0 Å². The number of amides is 2. The zero-order valence-electron chi connectivity index (χ0n) is 13.0. The molecule has 1 aromatic rings. The molecule has 1 aromatic carbocycles. The van der Waals surface area contributed by atoms with Crippen molar-refractivity contribution in [1.29, 1.82) is 0 Å². The molecule has 20 heavy (non-hydrogen) atoms. The van der Waals surface area contributed by atoms with E-state index >= 15 is 0 Å². The normalized spacial score (nSPS) is 13.2. The smallest absolute Gasteiger partial charge is 0.319 e. The lowest BCUT2D eigenvalue weighted by atomic mass is 9.81. The number of anilines is 1. The van der Waals surface area contributed by atoms with E-state index in [4.69, 9.17) is 0 Å². The van der Waals surface area contributed by atoms with Gasteiger partial charge in [0.2, 0.25) is 0 Å². The Kier molecular flexibility index (Phi) is 5.57. The van der Waals surface area contributed by atoms with Gasteiger partial charge in [-0.1, -0.05) is 45.9 Å². The minimum absolute atomic E-state index is 0.159. The molecule has 1 atom stereocenters. The van der Waals surface area contributed by atoms with Crippen molar-refractivity contribution >= 4 is 11.7 Å². The van der Waals surface area contributed by atoms with Gasteiger partial charge in [0.15, 0.2) is 0 Å². The van der Waals surface area contributed by atoms with E-state index in [9.17, 15) is 9.90 Å². The van der Waals surface area contributed by atoms with Crippen LogP contribution < -0.4 is 10.6 Å². The van der Waals surface area contributed by atoms with E-state index in [-0.39, 0.29) is 17.4 Å². The SMILES string of the molecule is Cc1ccccc1NC(=O)NCC(C)(C)C(O)C(C)C. The van der Waals surface area contributed by atoms with Crippen molar-refractivity contribution in [2.75, 3.05) is 11.9 Å². The highest BCUT2D eigenvalue weighted by Crippen LogP contribution is 2.25. The number of carbonyl (C=O) groups is 1. The van der Waals surface area contributed by atoms with Crippen molar-refractivity contribution in [3.05, 3.63) is 29.8 Å². The fraction of sp³-hybridized carbons (Fsp3) is 0.562. The Balaban J connectivity index is 2.54. The van der Waals surface area contributed by atoms with Crippen LogP contribution in [0.1, 0.15) is 33.3 Å². The Morgan fingerprint density at radius 3 is 2.45 bits per heavy atom. The predicted molar refractivity (Wildman–Crippen MR) is 82.8 cm³/mol. The third-order valence-corrected chi connectivity index (χ3v) is 3.53. The Morgan fingerprint density at radius 1 is 1.30 bits per heavy atom. The molecule has 0 aliphatic heterocycles. The second-order valence-electron chi connectivity index (χ2n) is 6.30. The van der Waals surface area contributed by atoms with Crippen LogP contribution in [0.5, 0.6) is 0 Å². The lowest BCUT2D eigenvalue weighted by molar-refractivity contribution is 0.0154. The molecular weight excluding hydrogens is 252 g/mol. The highest BCUT2D eigenvalue weighted by Gasteiger charge is 2.30. The van der Waals surface area contributed by atoms with Crippen LogP contribution in [0.3, 0.4) is 0 Å². The number of benzene rings is 1. The number of urea groups is 1. The summed E-state index contributed by atoms with van der Waals surface area (Å²) in [6.45, 7) is 10.2. The molecule has 0 fully saturated rings. The van der Waals surface area contributed by atoms with E-state index in [0.29, 0.717) is 6.54 Å². The van der Waals surface area contributed by atoms with Gasteiger partial charge < -0.3 is 15.7 Å². The molecule has 0 radical (unpaired) electrons. The Labute approximate surface area is 121 Å². The van der Waals surface area contributed by atoms with Crippen LogP contribution in [0.15, 0.2) is 24.3 Å². The lowest BCUT2D eigenvalue weighted by Crippen LogP contribution is -2.44. The third-order valence-electron chi connectivity index (χ3n) is 3.53. The van der Waals surface area contributed by atoms with Crippen molar-refractivity contribution < 1.29 is 9.90 Å². The van der Waals surface area contributed by atoms with Crippen molar-refractivity contribution in [2.45, 2.75) is 40.7 Å². The Bertz CT molecular complexity index is 456. The van der Waals surface area contributed by atoms with Crippen molar-refractivity contribution in [2.24, 2.45) is 11.3 Å². The summed E-state index contributed by atoms with van der Waals surface area (Å²) in [4.78, 5) is 11.9. The first-order valence-electron chi connectivity index (χ1n) is 7.02. The first-order chi connectivity index (χ1) is 9.24. The minimum atomic E-state index is -0.457. The summed E-state index contributed by atoms with van der Waals surface area (Å²) < 4.78 is 0. The van der Waals surface area contributed by atoms with Gasteiger partial charge in [0.05, 0.1) is 6.10 Å². The van der Waals surface area contributed by atoms with Gasteiger partial charge in [-0.3, -0.25) is 0 Å². The number of para-hydroxylation sites is 1. The molecule has 3 N–H and O–H groups in total. The van der Waals surface area contributed by atoms with Crippen LogP contribution in [-0.4, -0.2) is 23.8 Å². The van der Waals surface area contributed by atoms with Crippen LogP contribution in [0.2, 0.25) is 0 Å². The van der Waals surface area contributed by atoms with Gasteiger partial charge in [0, 0.05) is 17.6 Å². The summed E-state index contributed by atoms with van der Waals surface area (Å²) >= 11 is 0. The molecule has 0 heterocycles. The second kappa shape index (κ2) is 6.75. The van der Waals surface area contributed by atoms with E-state index < -0.39 is 6.10 Å². The van der Waals surface area contributed by atoms with Crippen LogP contribution in [0, 0.1) is 18.3 Å². The van der Waals surface area contributed by atoms with E-state index in [2.05, 4.69) is 10.6 Å². The molecular formula is C16H26N2O2. The van der Waals surface area contributed by atoms with E-state index in [0.717, 1.165) is 11.3 Å². The number of aryl methyl sites for hydroxylation is 1. The largest absolute Gasteiger partial charge is 0.392 e. The summed E-state index contributed by atoms with van der Waals surface area (Å²) in [6.07, 6.45) is -0.457. The number of carbonyl (C=O) groups excluding carboxylic acids is 1. The van der Waals surface area contributed by atoms with Gasteiger partial charge in [-0.2, -0.15) is 0 Å². The maximum absolute atomic E-state index is 11.9. The zero-order valence-corrected chi connectivity index (χ0v) is 13.0. The number of nitrogens with one attached hydrogen (secondary N) is 2. The van der Waals surface area contributed by atoms with Crippen molar-refractivity contribution in [3.63, 3.8) is 0 Å².